The van der Waals surface area contributed by atoms with E-state index in [4.69, 9.17) is 14.2 Å². The van der Waals surface area contributed by atoms with Crippen LogP contribution in [0.3, 0.4) is 0 Å². The third kappa shape index (κ3) is 5.42. The Labute approximate surface area is 156 Å². The summed E-state index contributed by atoms with van der Waals surface area (Å²) in [6, 6.07) is 12.9. The molecule has 1 heterocycles. The molecular weight excluding hydrogens is 352 g/mol. The predicted molar refractivity (Wildman–Crippen MR) is 98.1 cm³/mol. The number of carbonyl (C=O) groups is 1. The molecule has 0 unspecified atom stereocenters. The fourth-order valence-electron chi connectivity index (χ4n) is 2.67. The Bertz CT molecular complexity index is 787. The summed E-state index contributed by atoms with van der Waals surface area (Å²) in [5.74, 6) is 0.330. The first-order valence-corrected chi connectivity index (χ1v) is 8.62. The number of nitrogens with zero attached hydrogens (tertiary/aromatic N) is 1. The van der Waals surface area contributed by atoms with E-state index in [1.54, 1.807) is 30.3 Å². The quantitative estimate of drug-likeness (QED) is 0.564. The van der Waals surface area contributed by atoms with Gasteiger partial charge >= 0.3 is 5.69 Å². The summed E-state index contributed by atoms with van der Waals surface area (Å²) in [5, 5.41) is 13.6. The maximum atomic E-state index is 12.0. The fourth-order valence-corrected chi connectivity index (χ4v) is 2.67. The van der Waals surface area contributed by atoms with Crippen molar-refractivity contribution in [2.75, 3.05) is 25.1 Å². The first-order chi connectivity index (χ1) is 13.1. The zero-order valence-electron chi connectivity index (χ0n) is 14.6. The highest BCUT2D eigenvalue weighted by molar-refractivity contribution is 5.91. The lowest BCUT2D eigenvalue weighted by molar-refractivity contribution is -0.385. The summed E-state index contributed by atoms with van der Waals surface area (Å²) in [6.45, 7) is 0.963. The Balaban J connectivity index is 1.47. The van der Waals surface area contributed by atoms with E-state index in [1.165, 1.54) is 18.2 Å². The Kier molecular flexibility index (Phi) is 6.22. The van der Waals surface area contributed by atoms with Crippen LogP contribution in [0.15, 0.2) is 48.5 Å². The van der Waals surface area contributed by atoms with E-state index in [9.17, 15) is 14.9 Å². The molecular formula is C19H20N2O6. The second kappa shape index (κ2) is 9.00. The number of hydrogen-bond donors (Lipinski definition) is 1. The molecule has 1 saturated heterocycles. The van der Waals surface area contributed by atoms with Gasteiger partial charge in [-0.25, -0.2) is 0 Å². The van der Waals surface area contributed by atoms with Gasteiger partial charge in [-0.05, 0) is 43.2 Å². The third-order valence-corrected chi connectivity index (χ3v) is 4.02. The number of nitrogens with one attached hydrogen (secondary N) is 1. The summed E-state index contributed by atoms with van der Waals surface area (Å²) in [4.78, 5) is 22.4. The molecule has 1 aliphatic rings. The molecule has 1 N–H and O–H groups in total. The van der Waals surface area contributed by atoms with Gasteiger partial charge in [-0.1, -0.05) is 12.1 Å². The second-order valence-electron chi connectivity index (χ2n) is 6.03. The largest absolute Gasteiger partial charge is 0.491 e. The third-order valence-electron chi connectivity index (χ3n) is 4.02. The van der Waals surface area contributed by atoms with Crippen molar-refractivity contribution in [3.8, 4) is 11.5 Å². The number of hydrogen-bond acceptors (Lipinski definition) is 6. The van der Waals surface area contributed by atoms with Crippen LogP contribution >= 0.6 is 0 Å². The minimum Gasteiger partial charge on any atom is -0.491 e. The average Bonchev–Trinajstić information content (AvgIpc) is 3.19. The lowest BCUT2D eigenvalue weighted by Gasteiger charge is -2.12. The molecule has 1 amide bonds. The van der Waals surface area contributed by atoms with E-state index in [0.29, 0.717) is 18.0 Å². The lowest BCUT2D eigenvalue weighted by atomic mass is 10.2. The lowest BCUT2D eigenvalue weighted by Crippen LogP contribution is -2.20. The van der Waals surface area contributed by atoms with Crippen LogP contribution in [0.4, 0.5) is 11.4 Å². The number of nitro groups is 1. The molecule has 1 atom stereocenters. The van der Waals surface area contributed by atoms with Gasteiger partial charge in [0.2, 0.25) is 0 Å². The smallest absolute Gasteiger partial charge is 0.310 e. The number of ether oxygens (including phenoxy) is 3. The molecule has 0 radical (unpaired) electrons. The Morgan fingerprint density at radius 1 is 1.19 bits per heavy atom. The van der Waals surface area contributed by atoms with E-state index in [-0.39, 0.29) is 24.1 Å². The Hall–Kier alpha value is -3.13. The molecule has 1 aliphatic heterocycles. The van der Waals surface area contributed by atoms with Crippen molar-refractivity contribution >= 4 is 17.3 Å². The highest BCUT2D eigenvalue weighted by atomic mass is 16.6. The van der Waals surface area contributed by atoms with Gasteiger partial charge in [-0.15, -0.1) is 0 Å². The number of rotatable bonds is 8. The monoisotopic (exact) mass is 372 g/mol. The molecule has 142 valence electrons. The summed E-state index contributed by atoms with van der Waals surface area (Å²) in [5.41, 5.74) is 0.397. The van der Waals surface area contributed by atoms with Crippen LogP contribution in [0, 0.1) is 10.1 Å². The number of carbonyl (C=O) groups excluding carboxylic acids is 1. The van der Waals surface area contributed by atoms with Crippen LogP contribution in [-0.2, 0) is 9.53 Å². The number of anilines is 1. The molecule has 0 spiro atoms. The van der Waals surface area contributed by atoms with Crippen LogP contribution in [-0.4, -0.2) is 36.8 Å². The molecule has 8 heteroatoms. The van der Waals surface area contributed by atoms with Gasteiger partial charge in [0.25, 0.3) is 5.91 Å². The van der Waals surface area contributed by atoms with E-state index >= 15 is 0 Å². The van der Waals surface area contributed by atoms with Crippen LogP contribution in [0.25, 0.3) is 0 Å². The predicted octanol–water partition coefficient (Wildman–Crippen LogP) is 3.17. The maximum absolute atomic E-state index is 12.0. The normalized spacial score (nSPS) is 15.9. The number of benzene rings is 2. The zero-order chi connectivity index (χ0) is 19.1. The van der Waals surface area contributed by atoms with Gasteiger partial charge < -0.3 is 19.5 Å². The first-order valence-electron chi connectivity index (χ1n) is 8.62. The number of para-hydroxylation sites is 2. The Morgan fingerprint density at radius 2 is 1.96 bits per heavy atom. The zero-order valence-corrected chi connectivity index (χ0v) is 14.6. The second-order valence-corrected chi connectivity index (χ2v) is 6.03. The summed E-state index contributed by atoms with van der Waals surface area (Å²) < 4.78 is 16.4. The van der Waals surface area contributed by atoms with Gasteiger partial charge in [0, 0.05) is 18.4 Å². The molecule has 0 bridgehead atoms. The maximum Gasteiger partial charge on any atom is 0.310 e. The highest BCUT2D eigenvalue weighted by Crippen LogP contribution is 2.25. The van der Waals surface area contributed by atoms with Crippen LogP contribution in [0.5, 0.6) is 11.5 Å². The van der Waals surface area contributed by atoms with E-state index in [2.05, 4.69) is 5.32 Å². The first kappa shape index (κ1) is 18.7. The van der Waals surface area contributed by atoms with Crippen LogP contribution in [0.2, 0.25) is 0 Å². The standard InChI is InChI=1S/C19H20N2O6/c22-19(13-27-18-6-2-1-5-17(18)21(23)24)20-14-7-9-15(10-8-14)26-12-16-4-3-11-25-16/h1-2,5-10,16H,3-4,11-13H2,(H,20,22)/t16-/m1/s1. The molecule has 1 fully saturated rings. The SMILES string of the molecule is O=C(COc1ccccc1[N+](=O)[O-])Nc1ccc(OC[C@H]2CCCO2)cc1. The molecule has 0 aromatic heterocycles. The van der Waals surface area contributed by atoms with Crippen molar-refractivity contribution in [3.05, 3.63) is 58.6 Å². The number of amides is 1. The van der Waals surface area contributed by atoms with Crippen molar-refractivity contribution in [1.82, 2.24) is 0 Å². The molecule has 0 saturated carbocycles. The van der Waals surface area contributed by atoms with Crippen molar-refractivity contribution in [2.45, 2.75) is 18.9 Å². The molecule has 3 rings (SSSR count). The summed E-state index contributed by atoms with van der Waals surface area (Å²) >= 11 is 0. The van der Waals surface area contributed by atoms with Gasteiger partial charge in [0.1, 0.15) is 12.4 Å². The van der Waals surface area contributed by atoms with E-state index in [1.807, 2.05) is 0 Å². The molecule has 8 nitrogen and oxygen atoms in total. The molecule has 2 aromatic rings. The van der Waals surface area contributed by atoms with Gasteiger partial charge in [0.15, 0.2) is 12.4 Å². The number of nitro benzene ring substituents is 1. The average molecular weight is 372 g/mol. The van der Waals surface area contributed by atoms with E-state index in [0.717, 1.165) is 19.4 Å². The van der Waals surface area contributed by atoms with Gasteiger partial charge in [-0.2, -0.15) is 0 Å². The molecule has 2 aromatic carbocycles. The molecule has 0 aliphatic carbocycles. The van der Waals surface area contributed by atoms with Gasteiger partial charge in [0.05, 0.1) is 11.0 Å². The van der Waals surface area contributed by atoms with Gasteiger partial charge in [-0.3, -0.25) is 14.9 Å². The minimum absolute atomic E-state index is 0.0514. The topological polar surface area (TPSA) is 99.9 Å². The van der Waals surface area contributed by atoms with E-state index < -0.39 is 10.8 Å². The van der Waals surface area contributed by atoms with Crippen molar-refractivity contribution in [2.24, 2.45) is 0 Å². The van der Waals surface area contributed by atoms with Crippen LogP contribution < -0.4 is 14.8 Å². The fraction of sp³-hybridized carbons (Fsp3) is 0.316. The highest BCUT2D eigenvalue weighted by Gasteiger charge is 2.16. The van der Waals surface area contributed by atoms with Crippen molar-refractivity contribution in [3.63, 3.8) is 0 Å². The van der Waals surface area contributed by atoms with Crippen molar-refractivity contribution in [1.29, 1.82) is 0 Å². The Morgan fingerprint density at radius 3 is 2.67 bits per heavy atom. The summed E-state index contributed by atoms with van der Waals surface area (Å²) in [6.07, 6.45) is 2.21. The van der Waals surface area contributed by atoms with Crippen molar-refractivity contribution < 1.29 is 23.9 Å². The molecule has 27 heavy (non-hydrogen) atoms. The minimum atomic E-state index is -0.553. The summed E-state index contributed by atoms with van der Waals surface area (Å²) in [7, 11) is 0. The van der Waals surface area contributed by atoms with Crippen LogP contribution in [0.1, 0.15) is 12.8 Å².